The number of nitrogens with zero attached hydrogens (tertiary/aromatic N) is 1. The van der Waals surface area contributed by atoms with Crippen LogP contribution in [0.1, 0.15) is 12.0 Å². The second-order valence-corrected chi connectivity index (χ2v) is 3.86. The molecule has 2 N–H and O–H groups in total. The van der Waals surface area contributed by atoms with Crippen molar-refractivity contribution >= 4 is 5.69 Å². The number of anilines is 1. The van der Waals surface area contributed by atoms with Crippen LogP contribution in [-0.2, 0) is 6.61 Å². The SMILES string of the molecule is OCc1cc(F)cc(N2CCC(O)C2)c1. The second-order valence-electron chi connectivity index (χ2n) is 3.86. The Labute approximate surface area is 87.8 Å². The minimum atomic E-state index is -0.349. The lowest BCUT2D eigenvalue weighted by Gasteiger charge is -2.18. The normalized spacial score (nSPS) is 21.0. The van der Waals surface area contributed by atoms with E-state index in [2.05, 4.69) is 0 Å². The molecular weight excluding hydrogens is 197 g/mol. The lowest BCUT2D eigenvalue weighted by Crippen LogP contribution is -2.21. The Balaban J connectivity index is 2.24. The summed E-state index contributed by atoms with van der Waals surface area (Å²) in [6, 6.07) is 4.49. The van der Waals surface area contributed by atoms with Crippen LogP contribution in [0.5, 0.6) is 0 Å². The number of rotatable bonds is 2. The monoisotopic (exact) mass is 211 g/mol. The van der Waals surface area contributed by atoms with Crippen LogP contribution in [0.2, 0.25) is 0 Å². The Morgan fingerprint density at radius 1 is 1.40 bits per heavy atom. The minimum Gasteiger partial charge on any atom is -0.392 e. The van der Waals surface area contributed by atoms with Gasteiger partial charge in [0, 0.05) is 18.8 Å². The van der Waals surface area contributed by atoms with Crippen LogP contribution in [0.25, 0.3) is 0 Å². The third kappa shape index (κ3) is 2.27. The van der Waals surface area contributed by atoms with Crippen molar-refractivity contribution in [1.29, 1.82) is 0 Å². The molecule has 4 heteroatoms. The maximum absolute atomic E-state index is 13.2. The first-order chi connectivity index (χ1) is 7.19. The van der Waals surface area contributed by atoms with Gasteiger partial charge >= 0.3 is 0 Å². The highest BCUT2D eigenvalue weighted by Gasteiger charge is 2.20. The number of β-amino-alcohol motifs (C(OH)–C–C–N with tert-alkyl or cyclic N) is 1. The maximum atomic E-state index is 13.2. The van der Waals surface area contributed by atoms with Gasteiger partial charge in [-0.05, 0) is 30.2 Å². The van der Waals surface area contributed by atoms with E-state index in [4.69, 9.17) is 5.11 Å². The lowest BCUT2D eigenvalue weighted by molar-refractivity contribution is 0.198. The van der Waals surface area contributed by atoms with Gasteiger partial charge in [0.1, 0.15) is 5.82 Å². The molecule has 1 heterocycles. The largest absolute Gasteiger partial charge is 0.392 e. The zero-order valence-corrected chi connectivity index (χ0v) is 8.36. The van der Waals surface area contributed by atoms with Gasteiger partial charge in [-0.2, -0.15) is 0 Å². The summed E-state index contributed by atoms with van der Waals surface area (Å²) in [5, 5.41) is 18.3. The average Bonchev–Trinajstić information content (AvgIpc) is 2.64. The van der Waals surface area contributed by atoms with Crippen LogP contribution < -0.4 is 4.90 Å². The predicted molar refractivity (Wildman–Crippen MR) is 55.2 cm³/mol. The number of halogens is 1. The summed E-state index contributed by atoms with van der Waals surface area (Å²) in [4.78, 5) is 1.92. The topological polar surface area (TPSA) is 43.7 Å². The van der Waals surface area contributed by atoms with Gasteiger partial charge < -0.3 is 15.1 Å². The molecule has 0 amide bonds. The summed E-state index contributed by atoms with van der Waals surface area (Å²) in [7, 11) is 0. The van der Waals surface area contributed by atoms with E-state index in [9.17, 15) is 9.50 Å². The van der Waals surface area contributed by atoms with Gasteiger partial charge in [-0.3, -0.25) is 0 Å². The molecule has 1 unspecified atom stereocenters. The second kappa shape index (κ2) is 4.16. The fraction of sp³-hybridized carbons (Fsp3) is 0.455. The molecule has 0 spiro atoms. The fourth-order valence-electron chi connectivity index (χ4n) is 1.88. The Kier molecular flexibility index (Phi) is 2.88. The molecular formula is C11H14FNO2. The van der Waals surface area contributed by atoms with E-state index < -0.39 is 0 Å². The first-order valence-corrected chi connectivity index (χ1v) is 5.02. The van der Waals surface area contributed by atoms with Gasteiger partial charge in [-0.25, -0.2) is 4.39 Å². The zero-order valence-electron chi connectivity index (χ0n) is 8.36. The molecule has 1 saturated heterocycles. The minimum absolute atomic E-state index is 0.166. The molecule has 0 radical (unpaired) electrons. The third-order valence-corrected chi connectivity index (χ3v) is 2.65. The lowest BCUT2D eigenvalue weighted by atomic mass is 10.2. The zero-order chi connectivity index (χ0) is 10.8. The molecule has 0 bridgehead atoms. The quantitative estimate of drug-likeness (QED) is 0.763. The van der Waals surface area contributed by atoms with E-state index in [1.54, 1.807) is 6.07 Å². The van der Waals surface area contributed by atoms with Crippen LogP contribution >= 0.6 is 0 Å². The first kappa shape index (κ1) is 10.4. The molecule has 1 aromatic rings. The summed E-state index contributed by atoms with van der Waals surface area (Å²) < 4.78 is 13.2. The molecule has 82 valence electrons. The van der Waals surface area contributed by atoms with Crippen LogP contribution in [0.15, 0.2) is 18.2 Å². The summed E-state index contributed by atoms with van der Waals surface area (Å²) in [5.41, 5.74) is 1.29. The highest BCUT2D eigenvalue weighted by Crippen LogP contribution is 2.23. The Morgan fingerprint density at radius 3 is 2.80 bits per heavy atom. The molecule has 15 heavy (non-hydrogen) atoms. The van der Waals surface area contributed by atoms with Crippen molar-refractivity contribution in [2.24, 2.45) is 0 Å². The molecule has 1 aliphatic rings. The summed E-state index contributed by atoms with van der Waals surface area (Å²) in [6.45, 7) is 1.10. The number of hydrogen-bond donors (Lipinski definition) is 2. The van der Waals surface area contributed by atoms with E-state index in [-0.39, 0.29) is 18.5 Å². The Bertz CT molecular complexity index is 356. The predicted octanol–water partition coefficient (Wildman–Crippen LogP) is 0.889. The van der Waals surface area contributed by atoms with Crippen molar-refractivity contribution < 1.29 is 14.6 Å². The van der Waals surface area contributed by atoms with E-state index in [0.717, 1.165) is 12.2 Å². The molecule has 2 rings (SSSR count). The van der Waals surface area contributed by atoms with Crippen molar-refractivity contribution in [2.75, 3.05) is 18.0 Å². The highest BCUT2D eigenvalue weighted by atomic mass is 19.1. The standard InChI is InChI=1S/C11H14FNO2/c12-9-3-8(7-14)4-10(5-9)13-2-1-11(15)6-13/h3-5,11,14-15H,1-2,6-7H2. The molecule has 1 fully saturated rings. The maximum Gasteiger partial charge on any atom is 0.125 e. The van der Waals surface area contributed by atoms with Gasteiger partial charge in [-0.1, -0.05) is 0 Å². The van der Waals surface area contributed by atoms with Crippen molar-refractivity contribution in [1.82, 2.24) is 0 Å². The summed E-state index contributed by atoms with van der Waals surface area (Å²) in [5.74, 6) is -0.349. The molecule has 3 nitrogen and oxygen atoms in total. The van der Waals surface area contributed by atoms with Gasteiger partial charge in [0.2, 0.25) is 0 Å². The Morgan fingerprint density at radius 2 is 2.20 bits per heavy atom. The van der Waals surface area contributed by atoms with E-state index in [0.29, 0.717) is 18.5 Å². The van der Waals surface area contributed by atoms with Crippen molar-refractivity contribution in [3.05, 3.63) is 29.6 Å². The van der Waals surface area contributed by atoms with E-state index in [1.807, 2.05) is 4.90 Å². The highest BCUT2D eigenvalue weighted by molar-refractivity contribution is 5.50. The molecule has 0 aromatic heterocycles. The summed E-state index contributed by atoms with van der Waals surface area (Å²) >= 11 is 0. The van der Waals surface area contributed by atoms with Crippen molar-refractivity contribution in [3.8, 4) is 0 Å². The van der Waals surface area contributed by atoms with Crippen molar-refractivity contribution in [3.63, 3.8) is 0 Å². The molecule has 1 atom stereocenters. The average molecular weight is 211 g/mol. The van der Waals surface area contributed by atoms with Gasteiger partial charge in [-0.15, -0.1) is 0 Å². The van der Waals surface area contributed by atoms with Crippen LogP contribution in [0.3, 0.4) is 0 Å². The van der Waals surface area contributed by atoms with Gasteiger partial charge in [0.25, 0.3) is 0 Å². The molecule has 0 saturated carbocycles. The molecule has 1 aliphatic heterocycles. The smallest absolute Gasteiger partial charge is 0.125 e. The number of benzene rings is 1. The van der Waals surface area contributed by atoms with Gasteiger partial charge in [0.05, 0.1) is 12.7 Å². The van der Waals surface area contributed by atoms with Crippen LogP contribution in [0.4, 0.5) is 10.1 Å². The molecule has 1 aromatic carbocycles. The number of hydrogen-bond acceptors (Lipinski definition) is 3. The van der Waals surface area contributed by atoms with Crippen molar-refractivity contribution in [2.45, 2.75) is 19.1 Å². The Hall–Kier alpha value is -1.13. The molecule has 0 aliphatic carbocycles. The number of aliphatic hydroxyl groups excluding tert-OH is 2. The third-order valence-electron chi connectivity index (χ3n) is 2.65. The van der Waals surface area contributed by atoms with E-state index >= 15 is 0 Å². The number of aliphatic hydroxyl groups is 2. The fourth-order valence-corrected chi connectivity index (χ4v) is 1.88. The van der Waals surface area contributed by atoms with E-state index in [1.165, 1.54) is 12.1 Å². The first-order valence-electron chi connectivity index (χ1n) is 5.02. The summed E-state index contributed by atoms with van der Waals surface area (Å²) in [6.07, 6.45) is 0.385. The van der Waals surface area contributed by atoms with Gasteiger partial charge in [0.15, 0.2) is 0 Å². The van der Waals surface area contributed by atoms with Crippen LogP contribution in [0, 0.1) is 5.82 Å². The van der Waals surface area contributed by atoms with Crippen LogP contribution in [-0.4, -0.2) is 29.4 Å².